The zero-order valence-electron chi connectivity index (χ0n) is 31.8. The number of hydrogen-bond acceptors (Lipinski definition) is 2. The van der Waals surface area contributed by atoms with E-state index in [4.69, 9.17) is 21.7 Å². The summed E-state index contributed by atoms with van der Waals surface area (Å²) in [6, 6.07) is 71.7. The molecule has 0 radical (unpaired) electrons. The van der Waals surface area contributed by atoms with Gasteiger partial charge in [-0.05, 0) is 60.7 Å². The first-order valence-electron chi connectivity index (χ1n) is 18.8. The first-order chi connectivity index (χ1) is 28.2. The zero-order valence-corrected chi connectivity index (χ0v) is 38.1. The molecule has 2 heterocycles. The summed E-state index contributed by atoms with van der Waals surface area (Å²) in [6.07, 6.45) is 14.4. The minimum Gasteiger partial charge on any atom is -0.474 e. The van der Waals surface area contributed by atoms with Crippen molar-refractivity contribution in [1.82, 2.24) is 0 Å². The molecule has 10 aromatic rings. The smallest absolute Gasteiger partial charge is 0.474 e. The molecular formula is C53H38Au2O2P2+2. The third kappa shape index (κ3) is 10.00. The van der Waals surface area contributed by atoms with Crippen molar-refractivity contribution in [2.45, 2.75) is 0 Å². The van der Waals surface area contributed by atoms with Gasteiger partial charge in [0.1, 0.15) is 48.2 Å². The summed E-state index contributed by atoms with van der Waals surface area (Å²) in [5.41, 5.74) is 4.60. The molecule has 292 valence electrons. The van der Waals surface area contributed by atoms with E-state index in [-0.39, 0.29) is 44.8 Å². The quantitative estimate of drug-likeness (QED) is 0.0718. The van der Waals surface area contributed by atoms with Gasteiger partial charge in [0.25, 0.3) is 0 Å². The van der Waals surface area contributed by atoms with Gasteiger partial charge in [0.05, 0.1) is 11.2 Å². The predicted octanol–water partition coefficient (Wildman–Crippen LogP) is 11.7. The largest absolute Gasteiger partial charge is 1.00 e. The van der Waals surface area contributed by atoms with Crippen LogP contribution in [-0.4, -0.2) is 5.90 Å². The van der Waals surface area contributed by atoms with E-state index in [0.29, 0.717) is 11.1 Å². The van der Waals surface area contributed by atoms with Crippen molar-refractivity contribution in [3.8, 4) is 11.8 Å². The van der Waals surface area contributed by atoms with E-state index in [0.717, 1.165) is 43.9 Å². The number of para-hydroxylation sites is 4. The topological polar surface area (TPSA) is 26.3 Å². The second kappa shape index (κ2) is 21.2. The normalized spacial score (nSPS) is 10.4. The third-order valence-electron chi connectivity index (χ3n) is 9.92. The van der Waals surface area contributed by atoms with Gasteiger partial charge in [-0.2, -0.15) is 0 Å². The molecule has 0 saturated carbocycles. The molecule has 2 aromatic heterocycles. The molecule has 0 amide bonds. The van der Waals surface area contributed by atoms with Gasteiger partial charge < -0.3 is 21.7 Å². The van der Waals surface area contributed by atoms with Gasteiger partial charge in [-0.15, -0.1) is 12.1 Å². The molecule has 6 heteroatoms. The van der Waals surface area contributed by atoms with Gasteiger partial charge >= 0.3 is 44.8 Å². The second-order valence-electron chi connectivity index (χ2n) is 13.4. The second-order valence-corrected chi connectivity index (χ2v) is 19.0. The van der Waals surface area contributed by atoms with Crippen molar-refractivity contribution in [2.24, 2.45) is 0 Å². The Morgan fingerprint density at radius 3 is 0.949 bits per heavy atom. The Bertz CT molecular complexity index is 2680. The Morgan fingerprint density at radius 2 is 0.627 bits per heavy atom. The minimum atomic E-state index is -0.847. The standard InChI is InChI=1S/C25H22P2.2C14H7O.2Au/c1-5-13-22(14-6-1)26(23-15-7-2-8-16-23)21-27(24-17-9-3-10-18-24)25-19-11-4-12-20-25;2*1-2-10-6-5-8-12-11-7-3-4-9-13(11)15-14(10)12;;/h1-20H,21H2;2*3-9H;;/q;2*-1;2*+1/p+2. The number of furan rings is 2. The Labute approximate surface area is 379 Å². The number of benzene rings is 8. The zero-order chi connectivity index (χ0) is 38.8. The number of rotatable bonds is 6. The summed E-state index contributed by atoms with van der Waals surface area (Å²) >= 11 is 0. The minimum absolute atomic E-state index is 0. The Morgan fingerprint density at radius 1 is 0.339 bits per heavy atom. The average molecular weight is 1160 g/mol. The van der Waals surface area contributed by atoms with Crippen LogP contribution >= 0.6 is 15.8 Å². The van der Waals surface area contributed by atoms with E-state index >= 15 is 0 Å². The van der Waals surface area contributed by atoms with Gasteiger partial charge in [0.15, 0.2) is 5.90 Å². The van der Waals surface area contributed by atoms with E-state index in [1.54, 1.807) is 0 Å². The fourth-order valence-corrected chi connectivity index (χ4v) is 14.9. The summed E-state index contributed by atoms with van der Waals surface area (Å²) in [5, 5.41) is 10.3. The number of fused-ring (bicyclic) bond motifs is 6. The molecule has 0 aliphatic heterocycles. The molecular weight excluding hydrogens is 1120 g/mol. The molecule has 0 bridgehead atoms. The van der Waals surface area contributed by atoms with Crippen LogP contribution in [0.15, 0.2) is 215 Å². The molecule has 0 saturated heterocycles. The summed E-state index contributed by atoms with van der Waals surface area (Å²) in [5.74, 6) is 6.02. The van der Waals surface area contributed by atoms with Gasteiger partial charge in [-0.1, -0.05) is 145 Å². The molecule has 10 rings (SSSR count). The van der Waals surface area contributed by atoms with Crippen molar-refractivity contribution in [1.29, 1.82) is 0 Å². The van der Waals surface area contributed by atoms with Crippen molar-refractivity contribution >= 4 is 80.9 Å². The molecule has 8 aromatic carbocycles. The Hall–Kier alpha value is -5.18. The fourth-order valence-electron chi connectivity index (χ4n) is 7.17. The van der Waals surface area contributed by atoms with Gasteiger partial charge in [0.2, 0.25) is 0 Å². The van der Waals surface area contributed by atoms with E-state index in [1.807, 2.05) is 84.9 Å². The van der Waals surface area contributed by atoms with Crippen molar-refractivity contribution in [3.63, 3.8) is 0 Å². The Balaban J connectivity index is 0.000000156. The molecule has 59 heavy (non-hydrogen) atoms. The summed E-state index contributed by atoms with van der Waals surface area (Å²) in [7, 11) is -1.69. The maximum atomic E-state index is 7.19. The summed E-state index contributed by atoms with van der Waals surface area (Å²) in [6.45, 7) is 0. The number of hydrogen-bond donors (Lipinski definition) is 0. The van der Waals surface area contributed by atoms with E-state index in [2.05, 4.69) is 133 Å². The monoisotopic (exact) mass is 1160 g/mol. The van der Waals surface area contributed by atoms with Crippen LogP contribution in [0.4, 0.5) is 0 Å². The fraction of sp³-hybridized carbons (Fsp3) is 0.0189. The van der Waals surface area contributed by atoms with Crippen LogP contribution in [0.5, 0.6) is 0 Å². The summed E-state index contributed by atoms with van der Waals surface area (Å²) < 4.78 is 11.4. The third-order valence-corrected chi connectivity index (χ3v) is 16.9. The van der Waals surface area contributed by atoms with E-state index < -0.39 is 15.8 Å². The molecule has 0 N–H and O–H groups in total. The first-order valence-corrected chi connectivity index (χ1v) is 22.2. The molecule has 2 nitrogen and oxygen atoms in total. The first kappa shape index (κ1) is 43.4. The summed E-state index contributed by atoms with van der Waals surface area (Å²) in [4.78, 5) is 0. The molecule has 0 aliphatic carbocycles. The van der Waals surface area contributed by atoms with Crippen LogP contribution in [0.2, 0.25) is 0 Å². The van der Waals surface area contributed by atoms with E-state index in [9.17, 15) is 0 Å². The predicted molar refractivity (Wildman–Crippen MR) is 246 cm³/mol. The van der Waals surface area contributed by atoms with E-state index in [1.165, 1.54) is 27.1 Å². The maximum absolute atomic E-state index is 7.19. The van der Waals surface area contributed by atoms with Gasteiger partial charge in [-0.3, -0.25) is 11.8 Å². The van der Waals surface area contributed by atoms with Gasteiger partial charge in [-0.25, -0.2) is 0 Å². The van der Waals surface area contributed by atoms with Gasteiger partial charge in [0, 0.05) is 21.5 Å². The molecule has 0 aliphatic rings. The van der Waals surface area contributed by atoms with Crippen LogP contribution in [0.3, 0.4) is 0 Å². The van der Waals surface area contributed by atoms with Crippen molar-refractivity contribution in [2.75, 3.05) is 5.90 Å². The van der Waals surface area contributed by atoms with Crippen LogP contribution < -0.4 is 21.2 Å². The molecule has 0 fully saturated rings. The Kier molecular flexibility index (Phi) is 15.6. The SMILES string of the molecule is [Au+].[Au+].[C-]#Cc1cccc2c1oc1ccccc12.[C-]#Cc1cccc2c1oc1ccccc12.c1ccc([PH+](C[PH+](c2ccccc2)c2ccccc2)c2ccccc2)cc1. The van der Waals surface area contributed by atoms with Crippen molar-refractivity contribution < 1.29 is 53.6 Å². The molecule has 0 unspecified atom stereocenters. The molecule has 0 atom stereocenters. The van der Waals surface area contributed by atoms with Crippen LogP contribution in [0, 0.1) is 24.7 Å². The average Bonchev–Trinajstić information content (AvgIpc) is 3.87. The van der Waals surface area contributed by atoms with Crippen LogP contribution in [-0.2, 0) is 44.8 Å². The van der Waals surface area contributed by atoms with Crippen LogP contribution in [0.25, 0.3) is 43.9 Å². The molecule has 0 spiro atoms. The van der Waals surface area contributed by atoms with Crippen molar-refractivity contribution in [3.05, 3.63) is 230 Å². The maximum Gasteiger partial charge on any atom is 1.00 e. The van der Waals surface area contributed by atoms with Crippen LogP contribution in [0.1, 0.15) is 11.1 Å².